The lowest BCUT2D eigenvalue weighted by atomic mass is 9.66. The van der Waals surface area contributed by atoms with Gasteiger partial charge in [-0.25, -0.2) is 0 Å². The van der Waals surface area contributed by atoms with Gasteiger partial charge >= 0.3 is 0 Å². The Balaban J connectivity index is 1.76. The second-order valence-corrected chi connectivity index (χ2v) is 10.6. The standard InChI is InChI=1S/C33H23I/c1-2-21-15-17-31-27(19-21)23-9-3-4-10-24(23)28-20-22(34)16-18-32(28)33(31)29-13-7-5-11-25(29)26-12-6-8-14-30(26)33/h3-20H,2H2,1H3. The summed E-state index contributed by atoms with van der Waals surface area (Å²) in [5.74, 6) is 0. The van der Waals surface area contributed by atoms with Crippen LogP contribution in [0.2, 0.25) is 0 Å². The average molecular weight is 546 g/mol. The van der Waals surface area contributed by atoms with Gasteiger partial charge in [0.25, 0.3) is 0 Å². The Kier molecular flexibility index (Phi) is 4.41. The first-order chi connectivity index (χ1) is 16.7. The summed E-state index contributed by atoms with van der Waals surface area (Å²) in [5.41, 5.74) is 14.6. The first kappa shape index (κ1) is 20.2. The number of aryl methyl sites for hydroxylation is 1. The summed E-state index contributed by atoms with van der Waals surface area (Å²) in [6.45, 7) is 2.25. The number of halogens is 1. The third-order valence-corrected chi connectivity index (χ3v) is 8.41. The van der Waals surface area contributed by atoms with Crippen LogP contribution in [0.3, 0.4) is 0 Å². The van der Waals surface area contributed by atoms with Crippen LogP contribution in [0.5, 0.6) is 0 Å². The van der Waals surface area contributed by atoms with E-state index in [-0.39, 0.29) is 5.41 Å². The number of rotatable bonds is 1. The van der Waals surface area contributed by atoms with Gasteiger partial charge in [-0.3, -0.25) is 0 Å². The van der Waals surface area contributed by atoms with E-state index < -0.39 is 0 Å². The second-order valence-electron chi connectivity index (χ2n) is 9.31. The van der Waals surface area contributed by atoms with E-state index in [1.165, 1.54) is 64.8 Å². The fourth-order valence-electron chi connectivity index (χ4n) is 6.34. The van der Waals surface area contributed by atoms with Gasteiger partial charge < -0.3 is 0 Å². The molecule has 0 bridgehead atoms. The van der Waals surface area contributed by atoms with Gasteiger partial charge in [-0.2, -0.15) is 0 Å². The Morgan fingerprint density at radius 3 is 1.56 bits per heavy atom. The molecule has 0 radical (unpaired) electrons. The van der Waals surface area contributed by atoms with Crippen molar-refractivity contribution in [3.63, 3.8) is 0 Å². The Morgan fingerprint density at radius 1 is 0.500 bits per heavy atom. The summed E-state index contributed by atoms with van der Waals surface area (Å²) in [6, 6.07) is 41.3. The Labute approximate surface area is 214 Å². The molecule has 2 aliphatic rings. The predicted molar refractivity (Wildman–Crippen MR) is 150 cm³/mol. The molecule has 7 rings (SSSR count). The van der Waals surface area contributed by atoms with Gasteiger partial charge in [0.1, 0.15) is 0 Å². The molecule has 0 heterocycles. The maximum atomic E-state index is 2.46. The molecule has 162 valence electrons. The second kappa shape index (κ2) is 7.41. The van der Waals surface area contributed by atoms with E-state index >= 15 is 0 Å². The Bertz CT molecular complexity index is 1560. The molecule has 0 atom stereocenters. The normalized spacial score (nSPS) is 13.9. The van der Waals surface area contributed by atoms with Crippen LogP contribution in [0.4, 0.5) is 0 Å². The molecule has 0 aliphatic heterocycles. The third-order valence-electron chi connectivity index (χ3n) is 7.74. The molecular formula is C33H23I. The highest BCUT2D eigenvalue weighted by atomic mass is 127. The van der Waals surface area contributed by atoms with Gasteiger partial charge in [-0.1, -0.05) is 104 Å². The molecule has 0 nitrogen and oxygen atoms in total. The fourth-order valence-corrected chi connectivity index (χ4v) is 6.83. The highest BCUT2D eigenvalue weighted by molar-refractivity contribution is 14.1. The Morgan fingerprint density at radius 2 is 0.971 bits per heavy atom. The van der Waals surface area contributed by atoms with Crippen molar-refractivity contribution < 1.29 is 0 Å². The van der Waals surface area contributed by atoms with Crippen LogP contribution in [0.15, 0.2) is 109 Å². The van der Waals surface area contributed by atoms with Crippen molar-refractivity contribution in [1.82, 2.24) is 0 Å². The molecule has 1 spiro atoms. The van der Waals surface area contributed by atoms with E-state index in [0.717, 1.165) is 6.42 Å². The molecule has 0 amide bonds. The molecule has 5 aromatic rings. The smallest absolute Gasteiger partial charge is 0.0619 e. The van der Waals surface area contributed by atoms with Gasteiger partial charge in [0.2, 0.25) is 0 Å². The zero-order chi connectivity index (χ0) is 22.9. The van der Waals surface area contributed by atoms with Crippen molar-refractivity contribution in [2.45, 2.75) is 18.8 Å². The largest absolute Gasteiger partial charge is 0.0725 e. The SMILES string of the molecule is CCc1ccc2c(c1)-c1ccccc1-c1cc(I)ccc1C21c2ccccc2-c2ccccc21. The molecule has 34 heavy (non-hydrogen) atoms. The molecule has 1 heteroatoms. The predicted octanol–water partition coefficient (Wildman–Crippen LogP) is 8.86. The minimum Gasteiger partial charge on any atom is -0.0619 e. The number of fused-ring (bicyclic) bond motifs is 12. The van der Waals surface area contributed by atoms with E-state index in [2.05, 4.69) is 139 Å². The minimum absolute atomic E-state index is 0.354. The van der Waals surface area contributed by atoms with Gasteiger partial charge in [0.05, 0.1) is 5.41 Å². The van der Waals surface area contributed by atoms with Crippen molar-refractivity contribution >= 4 is 22.6 Å². The summed E-state index contributed by atoms with van der Waals surface area (Å²) in [5, 5.41) is 0. The van der Waals surface area contributed by atoms with Crippen LogP contribution in [0, 0.1) is 3.57 Å². The average Bonchev–Trinajstić information content (AvgIpc) is 3.14. The van der Waals surface area contributed by atoms with Crippen LogP contribution in [0.1, 0.15) is 34.7 Å². The zero-order valence-corrected chi connectivity index (χ0v) is 21.1. The van der Waals surface area contributed by atoms with Gasteiger partial charge in [0.15, 0.2) is 0 Å². The summed E-state index contributed by atoms with van der Waals surface area (Å²) in [6.07, 6.45) is 1.03. The van der Waals surface area contributed by atoms with Gasteiger partial charge in [-0.15, -0.1) is 0 Å². The monoisotopic (exact) mass is 546 g/mol. The highest BCUT2D eigenvalue weighted by Gasteiger charge is 2.49. The molecule has 5 aromatic carbocycles. The molecule has 0 fully saturated rings. The van der Waals surface area contributed by atoms with Crippen molar-refractivity contribution in [1.29, 1.82) is 0 Å². The van der Waals surface area contributed by atoms with E-state index in [0.29, 0.717) is 0 Å². The molecule has 0 N–H and O–H groups in total. The highest BCUT2D eigenvalue weighted by Crippen LogP contribution is 2.61. The summed E-state index contributed by atoms with van der Waals surface area (Å²) in [4.78, 5) is 0. The van der Waals surface area contributed by atoms with Crippen molar-refractivity contribution in [3.8, 4) is 33.4 Å². The van der Waals surface area contributed by atoms with Gasteiger partial charge in [-0.05, 0) is 102 Å². The number of benzene rings is 5. The first-order valence-corrected chi connectivity index (χ1v) is 13.0. The number of hydrogen-bond donors (Lipinski definition) is 0. The van der Waals surface area contributed by atoms with Crippen LogP contribution < -0.4 is 0 Å². The third kappa shape index (κ3) is 2.54. The van der Waals surface area contributed by atoms with Crippen LogP contribution in [0.25, 0.3) is 33.4 Å². The van der Waals surface area contributed by atoms with E-state index in [1.54, 1.807) is 0 Å². The first-order valence-electron chi connectivity index (χ1n) is 12.0. The van der Waals surface area contributed by atoms with Gasteiger partial charge in [0, 0.05) is 3.57 Å². The fraction of sp³-hybridized carbons (Fsp3) is 0.0909. The van der Waals surface area contributed by atoms with Crippen molar-refractivity contribution in [3.05, 3.63) is 141 Å². The lowest BCUT2D eigenvalue weighted by Crippen LogP contribution is -2.29. The van der Waals surface area contributed by atoms with Crippen LogP contribution in [-0.4, -0.2) is 0 Å². The molecule has 0 saturated heterocycles. The van der Waals surface area contributed by atoms with Crippen LogP contribution >= 0.6 is 22.6 Å². The van der Waals surface area contributed by atoms with Crippen molar-refractivity contribution in [2.24, 2.45) is 0 Å². The molecule has 2 aliphatic carbocycles. The quantitative estimate of drug-likeness (QED) is 0.181. The Hall–Kier alpha value is -3.17. The lowest BCUT2D eigenvalue weighted by molar-refractivity contribution is 0.774. The van der Waals surface area contributed by atoms with E-state index in [9.17, 15) is 0 Å². The molecule has 0 aromatic heterocycles. The summed E-state index contributed by atoms with van der Waals surface area (Å²) < 4.78 is 1.26. The molecule has 0 unspecified atom stereocenters. The maximum absolute atomic E-state index is 2.46. The molecular weight excluding hydrogens is 523 g/mol. The lowest BCUT2D eigenvalue weighted by Gasteiger charge is -2.35. The maximum Gasteiger partial charge on any atom is 0.0725 e. The molecule has 0 saturated carbocycles. The van der Waals surface area contributed by atoms with E-state index in [1.807, 2.05) is 0 Å². The summed E-state index contributed by atoms with van der Waals surface area (Å²) in [7, 11) is 0. The zero-order valence-electron chi connectivity index (χ0n) is 19.0. The topological polar surface area (TPSA) is 0 Å². The minimum atomic E-state index is -0.354. The van der Waals surface area contributed by atoms with E-state index in [4.69, 9.17) is 0 Å². The number of hydrogen-bond acceptors (Lipinski definition) is 0. The van der Waals surface area contributed by atoms with Crippen molar-refractivity contribution in [2.75, 3.05) is 0 Å². The van der Waals surface area contributed by atoms with Crippen LogP contribution in [-0.2, 0) is 11.8 Å². The summed E-state index contributed by atoms with van der Waals surface area (Å²) >= 11 is 2.46.